The number of nitrogens with one attached hydrogen (secondary N) is 1. The molecule has 1 atom stereocenters. The molecule has 1 aromatic heterocycles. The van der Waals surface area contributed by atoms with Crippen molar-refractivity contribution >= 4 is 56.3 Å². The summed E-state index contributed by atoms with van der Waals surface area (Å²) >= 11 is 12.6. The van der Waals surface area contributed by atoms with Crippen molar-refractivity contribution in [1.82, 2.24) is 9.21 Å². The van der Waals surface area contributed by atoms with Crippen LogP contribution in [0.3, 0.4) is 0 Å². The smallest absolute Gasteiger partial charge is 0.253 e. The van der Waals surface area contributed by atoms with Crippen molar-refractivity contribution in [3.05, 3.63) is 50.8 Å². The number of likely N-dealkylation sites (N-methyl/N-ethyl adjacent to an activating group) is 1. The molecule has 1 saturated heterocycles. The Morgan fingerprint density at radius 1 is 1.39 bits per heavy atom. The highest BCUT2D eigenvalue weighted by molar-refractivity contribution is 7.91. The van der Waals surface area contributed by atoms with Crippen LogP contribution in [0.1, 0.15) is 17.5 Å². The number of nitrogen functional groups attached to an aromatic ring is 1. The zero-order chi connectivity index (χ0) is 20.6. The van der Waals surface area contributed by atoms with Crippen LogP contribution in [0.4, 0.5) is 0 Å². The lowest BCUT2D eigenvalue weighted by molar-refractivity contribution is -0.131. The Balaban J connectivity index is 1.76. The zero-order valence-corrected chi connectivity index (χ0v) is 18.0. The number of amidine groups is 1. The predicted molar refractivity (Wildman–Crippen MR) is 111 cm³/mol. The van der Waals surface area contributed by atoms with Gasteiger partial charge < -0.3 is 10.6 Å². The summed E-state index contributed by atoms with van der Waals surface area (Å²) in [5, 5.41) is 7.69. The summed E-state index contributed by atoms with van der Waals surface area (Å²) in [6, 6.07) is 7.58. The minimum Gasteiger partial charge on any atom is -0.384 e. The van der Waals surface area contributed by atoms with Gasteiger partial charge in [0.25, 0.3) is 10.0 Å². The van der Waals surface area contributed by atoms with Gasteiger partial charge in [0, 0.05) is 25.7 Å². The Kier molecular flexibility index (Phi) is 6.02. The molecule has 3 N–H and O–H groups in total. The molecule has 150 valence electrons. The highest BCUT2D eigenvalue weighted by Crippen LogP contribution is 2.36. The molecule has 1 fully saturated rings. The number of hydrogen-bond donors (Lipinski definition) is 2. The summed E-state index contributed by atoms with van der Waals surface area (Å²) < 4.78 is 26.9. The van der Waals surface area contributed by atoms with Gasteiger partial charge in [0.05, 0.1) is 5.02 Å². The molecule has 1 aliphatic rings. The third-order valence-corrected chi connectivity index (χ3v) is 8.76. The van der Waals surface area contributed by atoms with Crippen molar-refractivity contribution < 1.29 is 13.2 Å². The fraction of sp³-hybridized carbons (Fsp3) is 0.294. The van der Waals surface area contributed by atoms with Crippen molar-refractivity contribution in [2.75, 3.05) is 13.6 Å². The molecule has 0 spiro atoms. The molecule has 11 heteroatoms. The first-order valence-corrected chi connectivity index (χ1v) is 11.3. The van der Waals surface area contributed by atoms with Crippen LogP contribution in [-0.2, 0) is 21.4 Å². The van der Waals surface area contributed by atoms with Crippen molar-refractivity contribution in [3.8, 4) is 0 Å². The van der Waals surface area contributed by atoms with Gasteiger partial charge in [-0.25, -0.2) is 8.42 Å². The molecule has 0 unspecified atom stereocenters. The van der Waals surface area contributed by atoms with Gasteiger partial charge in [-0.15, -0.1) is 11.3 Å². The van der Waals surface area contributed by atoms with Gasteiger partial charge in [-0.2, -0.15) is 4.31 Å². The van der Waals surface area contributed by atoms with E-state index in [1.165, 1.54) is 13.1 Å². The molecule has 1 aromatic carbocycles. The SMILES string of the molecule is CN([C@H]1CCN(Cc2cccc(C(=N)N)c2)C1=O)S(=O)(=O)c1cc(Cl)c(Cl)s1. The summed E-state index contributed by atoms with van der Waals surface area (Å²) in [6.07, 6.45) is 0.383. The molecular weight excluding hydrogens is 443 g/mol. The summed E-state index contributed by atoms with van der Waals surface area (Å²) in [5.41, 5.74) is 6.91. The fourth-order valence-electron chi connectivity index (χ4n) is 3.04. The van der Waals surface area contributed by atoms with E-state index >= 15 is 0 Å². The molecule has 7 nitrogen and oxygen atoms in total. The van der Waals surface area contributed by atoms with Crippen LogP contribution in [0.15, 0.2) is 34.5 Å². The maximum absolute atomic E-state index is 12.8. The second-order valence-electron chi connectivity index (χ2n) is 6.39. The number of halogens is 2. The number of likely N-dealkylation sites (tertiary alicyclic amines) is 1. The number of hydrogen-bond acceptors (Lipinski definition) is 5. The van der Waals surface area contributed by atoms with Crippen LogP contribution in [0.2, 0.25) is 9.36 Å². The Labute approximate surface area is 177 Å². The Bertz CT molecular complexity index is 1020. The van der Waals surface area contributed by atoms with Crippen LogP contribution < -0.4 is 5.73 Å². The number of nitrogens with two attached hydrogens (primary N) is 1. The Morgan fingerprint density at radius 3 is 2.71 bits per heavy atom. The molecule has 3 rings (SSSR count). The number of thiophene rings is 1. The quantitative estimate of drug-likeness (QED) is 0.510. The van der Waals surface area contributed by atoms with E-state index in [1.54, 1.807) is 23.1 Å². The predicted octanol–water partition coefficient (Wildman–Crippen LogP) is 2.76. The number of carbonyl (C=O) groups is 1. The average Bonchev–Trinajstić information content (AvgIpc) is 3.18. The summed E-state index contributed by atoms with van der Waals surface area (Å²) in [7, 11) is -2.49. The normalized spacial score (nSPS) is 17.5. The van der Waals surface area contributed by atoms with Gasteiger partial charge >= 0.3 is 0 Å². The van der Waals surface area contributed by atoms with Gasteiger partial charge in [0.2, 0.25) is 5.91 Å². The van der Waals surface area contributed by atoms with Gasteiger partial charge in [-0.1, -0.05) is 41.4 Å². The topological polar surface area (TPSA) is 108 Å². The first kappa shape index (κ1) is 21.1. The average molecular weight is 461 g/mol. The third-order valence-electron chi connectivity index (χ3n) is 4.58. The highest BCUT2D eigenvalue weighted by Gasteiger charge is 2.40. The Morgan fingerprint density at radius 2 is 2.11 bits per heavy atom. The maximum atomic E-state index is 12.8. The first-order chi connectivity index (χ1) is 13.1. The molecule has 0 saturated carbocycles. The summed E-state index contributed by atoms with van der Waals surface area (Å²) in [5.74, 6) is -0.320. The highest BCUT2D eigenvalue weighted by atomic mass is 35.5. The Hall–Kier alpha value is -1.65. The monoisotopic (exact) mass is 460 g/mol. The lowest BCUT2D eigenvalue weighted by atomic mass is 10.1. The van der Waals surface area contributed by atoms with E-state index in [0.717, 1.165) is 21.2 Å². The van der Waals surface area contributed by atoms with E-state index in [1.807, 2.05) is 6.07 Å². The zero-order valence-electron chi connectivity index (χ0n) is 14.9. The van der Waals surface area contributed by atoms with Crippen LogP contribution in [0.25, 0.3) is 0 Å². The van der Waals surface area contributed by atoms with E-state index < -0.39 is 16.1 Å². The second-order valence-corrected chi connectivity index (χ2v) is 10.7. The second kappa shape index (κ2) is 8.00. The van der Waals surface area contributed by atoms with E-state index in [9.17, 15) is 13.2 Å². The molecular formula is C17H18Cl2N4O3S2. The van der Waals surface area contributed by atoms with Gasteiger partial charge in [0.1, 0.15) is 20.4 Å². The number of nitrogens with zero attached hydrogens (tertiary/aromatic N) is 2. The molecule has 1 aliphatic heterocycles. The van der Waals surface area contributed by atoms with Crippen molar-refractivity contribution in [2.45, 2.75) is 23.2 Å². The van der Waals surface area contributed by atoms with E-state index in [0.29, 0.717) is 25.1 Å². The summed E-state index contributed by atoms with van der Waals surface area (Å²) in [6.45, 7) is 0.751. The number of benzene rings is 1. The lowest BCUT2D eigenvalue weighted by Gasteiger charge is -2.23. The number of carbonyl (C=O) groups excluding carboxylic acids is 1. The minimum absolute atomic E-state index is 0.00501. The number of amides is 1. The van der Waals surface area contributed by atoms with Crippen molar-refractivity contribution in [3.63, 3.8) is 0 Å². The number of rotatable bonds is 6. The standard InChI is InChI=1S/C17H18Cl2N4O3S2/c1-22(28(25,26)14-8-12(18)15(19)27-14)13-5-6-23(17(13)24)9-10-3-2-4-11(7-10)16(20)21/h2-4,7-8,13H,5-6,9H2,1H3,(H3,20,21)/t13-/m0/s1. The van der Waals surface area contributed by atoms with Crippen LogP contribution in [0, 0.1) is 5.41 Å². The number of sulfonamides is 1. The largest absolute Gasteiger partial charge is 0.384 e. The van der Waals surface area contributed by atoms with E-state index in [2.05, 4.69) is 0 Å². The van der Waals surface area contributed by atoms with Gasteiger partial charge in [0.15, 0.2) is 0 Å². The molecule has 0 aliphatic carbocycles. The van der Waals surface area contributed by atoms with E-state index in [-0.39, 0.29) is 25.3 Å². The molecule has 1 amide bonds. The summed E-state index contributed by atoms with van der Waals surface area (Å²) in [4.78, 5) is 14.4. The lowest BCUT2D eigenvalue weighted by Crippen LogP contribution is -2.42. The fourth-order valence-corrected chi connectivity index (χ4v) is 6.45. The first-order valence-electron chi connectivity index (χ1n) is 8.26. The molecule has 0 radical (unpaired) electrons. The van der Waals surface area contributed by atoms with Crippen LogP contribution >= 0.6 is 34.5 Å². The molecule has 2 heterocycles. The molecule has 2 aromatic rings. The van der Waals surface area contributed by atoms with Gasteiger partial charge in [-0.3, -0.25) is 10.2 Å². The maximum Gasteiger partial charge on any atom is 0.253 e. The minimum atomic E-state index is -3.88. The van der Waals surface area contributed by atoms with Gasteiger partial charge in [-0.05, 0) is 24.1 Å². The molecule has 0 bridgehead atoms. The molecule has 28 heavy (non-hydrogen) atoms. The van der Waals surface area contributed by atoms with Crippen molar-refractivity contribution in [1.29, 1.82) is 5.41 Å². The van der Waals surface area contributed by atoms with Crippen molar-refractivity contribution in [2.24, 2.45) is 5.73 Å². The van der Waals surface area contributed by atoms with Crippen LogP contribution in [-0.4, -0.2) is 49.0 Å². The third kappa shape index (κ3) is 4.04. The van der Waals surface area contributed by atoms with E-state index in [4.69, 9.17) is 34.3 Å². The van der Waals surface area contributed by atoms with Crippen LogP contribution in [0.5, 0.6) is 0 Å².